The number of nitrogens with one attached hydrogen (secondary N) is 1. The lowest BCUT2D eigenvalue weighted by Crippen LogP contribution is -2.53. The van der Waals surface area contributed by atoms with E-state index in [2.05, 4.69) is 5.32 Å². The molecule has 40 heavy (non-hydrogen) atoms. The Morgan fingerprint density at radius 3 is 2.27 bits per heavy atom. The molecule has 0 saturated carbocycles. The van der Waals surface area contributed by atoms with Gasteiger partial charge < -0.3 is 15.0 Å². The highest BCUT2D eigenvalue weighted by Crippen LogP contribution is 2.30. The van der Waals surface area contributed by atoms with E-state index in [1.54, 1.807) is 49.4 Å². The molecule has 0 bridgehead atoms. The van der Waals surface area contributed by atoms with Crippen LogP contribution in [0.3, 0.4) is 0 Å². The average molecular weight is 586 g/mol. The summed E-state index contributed by atoms with van der Waals surface area (Å²) in [7, 11) is -3.90. The molecule has 8 nitrogen and oxygen atoms in total. The van der Waals surface area contributed by atoms with Gasteiger partial charge in [-0.2, -0.15) is 0 Å². The van der Waals surface area contributed by atoms with Gasteiger partial charge in [0.1, 0.15) is 18.3 Å². The van der Waals surface area contributed by atoms with Crippen LogP contribution < -0.4 is 14.4 Å². The van der Waals surface area contributed by atoms with E-state index in [-0.39, 0.29) is 24.6 Å². The van der Waals surface area contributed by atoms with Crippen LogP contribution in [0.25, 0.3) is 0 Å². The summed E-state index contributed by atoms with van der Waals surface area (Å²) < 4.78 is 32.7. The predicted molar refractivity (Wildman–Crippen MR) is 159 cm³/mol. The van der Waals surface area contributed by atoms with E-state index in [1.807, 2.05) is 43.3 Å². The Kier molecular flexibility index (Phi) is 11.4. The van der Waals surface area contributed by atoms with Crippen LogP contribution in [0.5, 0.6) is 5.75 Å². The molecule has 1 N–H and O–H groups in total. The number of nitrogens with zero attached hydrogens (tertiary/aromatic N) is 2. The number of hydrogen-bond acceptors (Lipinski definition) is 5. The number of halogens is 1. The summed E-state index contributed by atoms with van der Waals surface area (Å²) in [5, 5.41) is 3.40. The number of rotatable bonds is 14. The van der Waals surface area contributed by atoms with E-state index < -0.39 is 28.5 Å². The normalized spacial score (nSPS) is 11.9. The van der Waals surface area contributed by atoms with Crippen molar-refractivity contribution >= 4 is 39.1 Å². The van der Waals surface area contributed by atoms with E-state index in [0.29, 0.717) is 29.5 Å². The first kappa shape index (κ1) is 31.0. The predicted octanol–water partition coefficient (Wildman–Crippen LogP) is 4.67. The lowest BCUT2D eigenvalue weighted by Gasteiger charge is -2.33. The fraction of sp³-hybridized carbons (Fsp3) is 0.333. The molecule has 0 aliphatic carbocycles. The van der Waals surface area contributed by atoms with E-state index >= 15 is 0 Å². The second kappa shape index (κ2) is 14.7. The van der Waals surface area contributed by atoms with Gasteiger partial charge in [0.2, 0.25) is 21.8 Å². The summed E-state index contributed by atoms with van der Waals surface area (Å²) in [6, 6.07) is 22.2. The molecule has 214 valence electrons. The smallest absolute Gasteiger partial charge is 0.244 e. The maximum Gasteiger partial charge on any atom is 0.244 e. The molecule has 1 atom stereocenters. The largest absolute Gasteiger partial charge is 0.492 e. The van der Waals surface area contributed by atoms with Crippen molar-refractivity contribution in [2.75, 3.05) is 30.3 Å². The molecule has 0 radical (unpaired) electrons. The zero-order chi connectivity index (χ0) is 29.1. The Morgan fingerprint density at radius 1 is 0.950 bits per heavy atom. The third kappa shape index (κ3) is 8.72. The van der Waals surface area contributed by atoms with Gasteiger partial charge in [-0.15, -0.1) is 0 Å². The van der Waals surface area contributed by atoms with Gasteiger partial charge in [0.25, 0.3) is 0 Å². The Hall–Kier alpha value is -3.56. The third-order valence-electron chi connectivity index (χ3n) is 6.18. The van der Waals surface area contributed by atoms with Gasteiger partial charge in [-0.05, 0) is 48.7 Å². The van der Waals surface area contributed by atoms with Crippen molar-refractivity contribution in [1.82, 2.24) is 10.2 Å². The summed E-state index contributed by atoms with van der Waals surface area (Å²) in [4.78, 5) is 29.1. The number of sulfonamides is 1. The van der Waals surface area contributed by atoms with E-state index in [9.17, 15) is 18.0 Å². The fourth-order valence-corrected chi connectivity index (χ4v) is 5.35. The molecule has 0 aromatic heterocycles. The maximum atomic E-state index is 14.1. The van der Waals surface area contributed by atoms with Crippen LogP contribution in [0, 0.1) is 0 Å². The molecule has 3 aromatic rings. The lowest BCUT2D eigenvalue weighted by molar-refractivity contribution is -0.140. The number of benzene rings is 3. The molecular formula is C30H36ClN3O5S. The molecule has 0 spiro atoms. The van der Waals surface area contributed by atoms with E-state index in [0.717, 1.165) is 22.5 Å². The molecule has 0 saturated heterocycles. The summed E-state index contributed by atoms with van der Waals surface area (Å²) >= 11 is 6.24. The second-order valence-electron chi connectivity index (χ2n) is 9.32. The molecule has 3 rings (SSSR count). The standard InChI is InChI=1S/C30H36ClN3O5S/c1-4-18-32-30(36)27(20-23-12-7-6-8-13-23)33(21-24-14-11-15-25(31)19-24)29(35)22-34(40(3,37)38)26-16-9-10-17-28(26)39-5-2/h6-17,19,27H,4-5,18,20-22H2,1-3H3,(H,32,36)/t27-/m0/s1. The minimum atomic E-state index is -3.90. The first-order chi connectivity index (χ1) is 19.1. The number of ether oxygens (including phenoxy) is 1. The zero-order valence-electron chi connectivity index (χ0n) is 23.0. The van der Waals surface area contributed by atoms with Crippen LogP contribution in [0.2, 0.25) is 5.02 Å². The average Bonchev–Trinajstić information content (AvgIpc) is 2.93. The van der Waals surface area contributed by atoms with Gasteiger partial charge >= 0.3 is 0 Å². The van der Waals surface area contributed by atoms with Gasteiger partial charge in [0.15, 0.2) is 0 Å². The molecule has 0 aliphatic rings. The Bertz CT molecular complexity index is 1380. The van der Waals surface area contributed by atoms with Gasteiger partial charge in [-0.3, -0.25) is 13.9 Å². The van der Waals surface area contributed by atoms with Crippen molar-refractivity contribution in [3.8, 4) is 5.75 Å². The van der Waals surface area contributed by atoms with E-state index in [4.69, 9.17) is 16.3 Å². The number of anilines is 1. The molecule has 2 amide bonds. The van der Waals surface area contributed by atoms with Crippen LogP contribution in [0.1, 0.15) is 31.4 Å². The van der Waals surface area contributed by atoms with Gasteiger partial charge in [0, 0.05) is 24.5 Å². The highest BCUT2D eigenvalue weighted by molar-refractivity contribution is 7.92. The molecule has 0 aliphatic heterocycles. The highest BCUT2D eigenvalue weighted by atomic mass is 35.5. The summed E-state index contributed by atoms with van der Waals surface area (Å²) in [5.41, 5.74) is 1.82. The van der Waals surface area contributed by atoms with Gasteiger partial charge in [-0.25, -0.2) is 8.42 Å². The van der Waals surface area contributed by atoms with Crippen LogP contribution in [-0.2, 0) is 32.6 Å². The first-order valence-corrected chi connectivity index (χ1v) is 15.4. The topological polar surface area (TPSA) is 96.0 Å². The Labute approximate surface area is 241 Å². The van der Waals surface area contributed by atoms with Gasteiger partial charge in [-0.1, -0.05) is 73.1 Å². The van der Waals surface area contributed by atoms with Crippen LogP contribution in [0.4, 0.5) is 5.69 Å². The van der Waals surface area contributed by atoms with Crippen molar-refractivity contribution in [2.24, 2.45) is 0 Å². The molecular weight excluding hydrogens is 550 g/mol. The van der Waals surface area contributed by atoms with Crippen molar-refractivity contribution in [2.45, 2.75) is 39.3 Å². The zero-order valence-corrected chi connectivity index (χ0v) is 24.6. The number of hydrogen-bond donors (Lipinski definition) is 1. The van der Waals surface area contributed by atoms with Crippen molar-refractivity contribution < 1.29 is 22.7 Å². The first-order valence-electron chi connectivity index (χ1n) is 13.2. The number of amides is 2. The van der Waals surface area contributed by atoms with Crippen LogP contribution >= 0.6 is 11.6 Å². The summed E-state index contributed by atoms with van der Waals surface area (Å²) in [5.74, 6) is -0.517. The van der Waals surface area contributed by atoms with Crippen molar-refractivity contribution in [1.29, 1.82) is 0 Å². The Morgan fingerprint density at radius 2 is 1.62 bits per heavy atom. The molecule has 10 heteroatoms. The monoisotopic (exact) mass is 585 g/mol. The number of carbonyl (C=O) groups is 2. The fourth-order valence-electron chi connectivity index (χ4n) is 4.29. The van der Waals surface area contributed by atoms with Crippen LogP contribution in [-0.4, -0.2) is 57.1 Å². The quantitative estimate of drug-likeness (QED) is 0.297. The van der Waals surface area contributed by atoms with Gasteiger partial charge in [0.05, 0.1) is 18.6 Å². The molecule has 3 aromatic carbocycles. The minimum Gasteiger partial charge on any atom is -0.492 e. The highest BCUT2D eigenvalue weighted by Gasteiger charge is 2.33. The SMILES string of the molecule is CCCNC(=O)[C@H](Cc1ccccc1)N(Cc1cccc(Cl)c1)C(=O)CN(c1ccccc1OCC)S(C)(=O)=O. The molecule has 0 unspecified atom stereocenters. The maximum absolute atomic E-state index is 14.1. The van der Waals surface area contributed by atoms with Crippen LogP contribution in [0.15, 0.2) is 78.9 Å². The van der Waals surface area contributed by atoms with Crippen molar-refractivity contribution in [3.05, 3.63) is 95.0 Å². The van der Waals surface area contributed by atoms with E-state index in [1.165, 1.54) is 4.90 Å². The number of para-hydroxylation sites is 2. The Balaban J connectivity index is 2.07. The summed E-state index contributed by atoms with van der Waals surface area (Å²) in [6.45, 7) is 4.04. The van der Waals surface area contributed by atoms with Crippen molar-refractivity contribution in [3.63, 3.8) is 0 Å². The third-order valence-corrected chi connectivity index (χ3v) is 7.54. The second-order valence-corrected chi connectivity index (χ2v) is 11.7. The molecule has 0 fully saturated rings. The molecule has 0 heterocycles. The number of carbonyl (C=O) groups excluding carboxylic acids is 2. The lowest BCUT2D eigenvalue weighted by atomic mass is 10.0. The summed E-state index contributed by atoms with van der Waals surface area (Å²) in [6.07, 6.45) is 2.01. The minimum absolute atomic E-state index is 0.0567.